The Morgan fingerprint density at radius 3 is 2.83 bits per heavy atom. The summed E-state index contributed by atoms with van der Waals surface area (Å²) in [6.45, 7) is 0. The van der Waals surface area contributed by atoms with Crippen LogP contribution in [-0.4, -0.2) is 4.57 Å². The normalized spacial score (nSPS) is 18.7. The van der Waals surface area contributed by atoms with Crippen LogP contribution < -0.4 is 5.73 Å². The summed E-state index contributed by atoms with van der Waals surface area (Å²) in [7, 11) is 0. The molecule has 0 radical (unpaired) electrons. The van der Waals surface area contributed by atoms with Crippen molar-refractivity contribution in [1.82, 2.24) is 4.57 Å². The van der Waals surface area contributed by atoms with E-state index in [4.69, 9.17) is 5.73 Å². The molecule has 0 bridgehead atoms. The highest BCUT2D eigenvalue weighted by atomic mass is 79.9. The van der Waals surface area contributed by atoms with Gasteiger partial charge in [0.15, 0.2) is 0 Å². The summed E-state index contributed by atoms with van der Waals surface area (Å²) in [6.07, 6.45) is 5.51. The number of hydrogen-bond acceptors (Lipinski definition) is 1. The van der Waals surface area contributed by atoms with Crippen LogP contribution in [0, 0.1) is 0 Å². The average Bonchev–Trinajstić information content (AvgIpc) is 2.74. The van der Waals surface area contributed by atoms with Gasteiger partial charge in [-0.2, -0.15) is 0 Å². The molecule has 0 aliphatic heterocycles. The molecule has 2 N–H and O–H groups in total. The number of rotatable bonds is 1. The Morgan fingerprint density at radius 1 is 1.22 bits per heavy atom. The molecule has 94 valence electrons. The number of hydrogen-bond donors (Lipinski definition) is 1. The SMILES string of the molecule is NC1CCCc2c1ccn2-c1ccc(Br)cc1Br. The predicted octanol–water partition coefficient (Wildman–Crippen LogP) is 4.34. The Hall–Kier alpha value is -0.580. The smallest absolute Gasteiger partial charge is 0.0595 e. The topological polar surface area (TPSA) is 30.9 Å². The minimum absolute atomic E-state index is 0.198. The first kappa shape index (κ1) is 12.5. The van der Waals surface area contributed by atoms with Crippen molar-refractivity contribution in [2.24, 2.45) is 5.73 Å². The van der Waals surface area contributed by atoms with Crippen molar-refractivity contribution >= 4 is 31.9 Å². The molecule has 0 saturated heterocycles. The van der Waals surface area contributed by atoms with Crippen LogP contribution in [0.15, 0.2) is 39.4 Å². The number of halogens is 2. The van der Waals surface area contributed by atoms with Crippen LogP contribution >= 0.6 is 31.9 Å². The Morgan fingerprint density at radius 2 is 2.06 bits per heavy atom. The molecule has 0 amide bonds. The lowest BCUT2D eigenvalue weighted by molar-refractivity contribution is 0.560. The van der Waals surface area contributed by atoms with Crippen molar-refractivity contribution in [3.05, 3.63) is 50.7 Å². The van der Waals surface area contributed by atoms with E-state index in [2.05, 4.69) is 66.9 Å². The summed E-state index contributed by atoms with van der Waals surface area (Å²) in [5.74, 6) is 0. The molecule has 3 rings (SSSR count). The summed E-state index contributed by atoms with van der Waals surface area (Å²) >= 11 is 7.11. The van der Waals surface area contributed by atoms with Crippen molar-refractivity contribution in [2.75, 3.05) is 0 Å². The summed E-state index contributed by atoms with van der Waals surface area (Å²) in [5, 5.41) is 0. The van der Waals surface area contributed by atoms with Crippen LogP contribution in [0.4, 0.5) is 0 Å². The largest absolute Gasteiger partial charge is 0.324 e. The summed E-state index contributed by atoms with van der Waals surface area (Å²) in [4.78, 5) is 0. The maximum atomic E-state index is 6.17. The van der Waals surface area contributed by atoms with E-state index in [1.54, 1.807) is 0 Å². The molecule has 2 aromatic rings. The van der Waals surface area contributed by atoms with Gasteiger partial charge in [-0.15, -0.1) is 0 Å². The summed E-state index contributed by atoms with van der Waals surface area (Å²) in [5.41, 5.74) is 10.0. The Balaban J connectivity index is 2.12. The highest BCUT2D eigenvalue weighted by molar-refractivity contribution is 9.11. The lowest BCUT2D eigenvalue weighted by Crippen LogP contribution is -2.17. The van der Waals surface area contributed by atoms with E-state index in [-0.39, 0.29) is 6.04 Å². The Bertz CT molecular complexity index is 589. The summed E-state index contributed by atoms with van der Waals surface area (Å²) in [6, 6.07) is 8.62. The van der Waals surface area contributed by atoms with Gasteiger partial charge >= 0.3 is 0 Å². The average molecular weight is 370 g/mol. The molecule has 1 aromatic heterocycles. The number of aromatic nitrogens is 1. The van der Waals surface area contributed by atoms with Gasteiger partial charge in [-0.3, -0.25) is 0 Å². The van der Waals surface area contributed by atoms with Gasteiger partial charge < -0.3 is 10.3 Å². The van der Waals surface area contributed by atoms with Crippen LogP contribution in [0.5, 0.6) is 0 Å². The lowest BCUT2D eigenvalue weighted by atomic mass is 9.93. The molecule has 0 spiro atoms. The monoisotopic (exact) mass is 368 g/mol. The minimum atomic E-state index is 0.198. The first-order valence-corrected chi connectivity index (χ1v) is 7.66. The van der Waals surface area contributed by atoms with E-state index in [1.165, 1.54) is 23.4 Å². The van der Waals surface area contributed by atoms with Crippen LogP contribution in [0.2, 0.25) is 0 Å². The molecule has 1 aliphatic carbocycles. The van der Waals surface area contributed by atoms with E-state index >= 15 is 0 Å². The first-order valence-electron chi connectivity index (χ1n) is 6.08. The van der Waals surface area contributed by atoms with Crippen molar-refractivity contribution in [3.63, 3.8) is 0 Å². The lowest BCUT2D eigenvalue weighted by Gasteiger charge is -2.21. The van der Waals surface area contributed by atoms with Crippen molar-refractivity contribution < 1.29 is 0 Å². The zero-order valence-corrected chi connectivity index (χ0v) is 13.0. The van der Waals surface area contributed by atoms with Crippen LogP contribution in [0.3, 0.4) is 0 Å². The van der Waals surface area contributed by atoms with Gasteiger partial charge in [0, 0.05) is 26.9 Å². The Labute approximate surface area is 123 Å². The van der Waals surface area contributed by atoms with E-state index in [0.29, 0.717) is 0 Å². The number of fused-ring (bicyclic) bond motifs is 1. The van der Waals surface area contributed by atoms with Gasteiger partial charge in [0.05, 0.1) is 5.69 Å². The van der Waals surface area contributed by atoms with Crippen LogP contribution in [0.25, 0.3) is 5.69 Å². The highest BCUT2D eigenvalue weighted by Gasteiger charge is 2.21. The number of benzene rings is 1. The predicted molar refractivity (Wildman–Crippen MR) is 81.0 cm³/mol. The molecular weight excluding hydrogens is 356 g/mol. The number of nitrogens with two attached hydrogens (primary N) is 1. The number of nitrogens with zero attached hydrogens (tertiary/aromatic N) is 1. The van der Waals surface area contributed by atoms with E-state index < -0.39 is 0 Å². The molecule has 1 heterocycles. The molecule has 1 aliphatic rings. The third kappa shape index (κ3) is 2.06. The fraction of sp³-hybridized carbons (Fsp3) is 0.286. The second kappa shape index (κ2) is 4.83. The second-order valence-electron chi connectivity index (χ2n) is 4.68. The van der Waals surface area contributed by atoms with Crippen LogP contribution in [-0.2, 0) is 6.42 Å². The van der Waals surface area contributed by atoms with Gasteiger partial charge in [0.1, 0.15) is 0 Å². The van der Waals surface area contributed by atoms with Gasteiger partial charge in [-0.05, 0) is 65.0 Å². The van der Waals surface area contributed by atoms with Crippen LogP contribution in [0.1, 0.15) is 30.1 Å². The van der Waals surface area contributed by atoms with E-state index in [1.807, 2.05) is 0 Å². The second-order valence-corrected chi connectivity index (χ2v) is 6.45. The molecular formula is C14H14Br2N2. The first-order chi connectivity index (χ1) is 8.66. The fourth-order valence-corrected chi connectivity index (χ4v) is 3.87. The van der Waals surface area contributed by atoms with Crippen molar-refractivity contribution in [3.8, 4) is 5.69 Å². The molecule has 0 saturated carbocycles. The van der Waals surface area contributed by atoms with E-state index in [9.17, 15) is 0 Å². The standard InChI is InChI=1S/C14H14Br2N2/c15-9-4-5-14(11(16)8-9)18-7-6-10-12(17)2-1-3-13(10)18/h4-8,12H,1-3,17H2. The Kier molecular flexibility index (Phi) is 3.34. The molecule has 4 heteroatoms. The molecule has 1 atom stereocenters. The quantitative estimate of drug-likeness (QED) is 0.796. The zero-order chi connectivity index (χ0) is 12.7. The third-order valence-corrected chi connectivity index (χ3v) is 4.65. The zero-order valence-electron chi connectivity index (χ0n) is 9.87. The van der Waals surface area contributed by atoms with Gasteiger partial charge in [-0.1, -0.05) is 15.9 Å². The third-order valence-electron chi connectivity index (χ3n) is 3.52. The van der Waals surface area contributed by atoms with Crippen molar-refractivity contribution in [1.29, 1.82) is 0 Å². The minimum Gasteiger partial charge on any atom is -0.324 e. The maximum Gasteiger partial charge on any atom is 0.0595 e. The van der Waals surface area contributed by atoms with Gasteiger partial charge in [-0.25, -0.2) is 0 Å². The highest BCUT2D eigenvalue weighted by Crippen LogP contribution is 2.33. The molecule has 18 heavy (non-hydrogen) atoms. The maximum absolute atomic E-state index is 6.17. The van der Waals surface area contributed by atoms with Gasteiger partial charge in [0.25, 0.3) is 0 Å². The van der Waals surface area contributed by atoms with Gasteiger partial charge in [0.2, 0.25) is 0 Å². The summed E-state index contributed by atoms with van der Waals surface area (Å²) < 4.78 is 4.43. The molecule has 1 unspecified atom stereocenters. The van der Waals surface area contributed by atoms with E-state index in [0.717, 1.165) is 21.8 Å². The molecule has 2 nitrogen and oxygen atoms in total. The molecule has 0 fully saturated rings. The van der Waals surface area contributed by atoms with Crippen molar-refractivity contribution in [2.45, 2.75) is 25.3 Å². The molecule has 1 aromatic carbocycles. The fourth-order valence-electron chi connectivity index (χ4n) is 2.63.